The van der Waals surface area contributed by atoms with Crippen molar-refractivity contribution in [1.29, 1.82) is 0 Å². The number of hydrogen-bond acceptors (Lipinski definition) is 10. The summed E-state index contributed by atoms with van der Waals surface area (Å²) in [6, 6.07) is 16.6. The molecular formula is C31H38ClN8O6S+. The molecule has 0 aliphatic carbocycles. The minimum atomic E-state index is -3.34. The second kappa shape index (κ2) is 14.1. The van der Waals surface area contributed by atoms with Gasteiger partial charge in [0.1, 0.15) is 17.1 Å². The first-order valence-corrected chi connectivity index (χ1v) is 16.8. The number of carbonyl (C=O) groups excluding carboxylic acids is 2. The number of rotatable bonds is 9. The summed E-state index contributed by atoms with van der Waals surface area (Å²) in [6.45, 7) is 1.90. The number of hydrogen-bond donors (Lipinski definition) is 5. The molecule has 2 aliphatic heterocycles. The van der Waals surface area contributed by atoms with Crippen LogP contribution in [0, 0.1) is 0 Å². The smallest absolute Gasteiger partial charge is 0.273 e. The molecule has 0 bridgehead atoms. The molecule has 0 aromatic heterocycles. The number of nitrogens with zero attached hydrogens (tertiary/aromatic N) is 4. The van der Waals surface area contributed by atoms with Crippen molar-refractivity contribution in [2.24, 2.45) is 11.6 Å². The fourth-order valence-electron chi connectivity index (χ4n) is 5.69. The molecule has 47 heavy (non-hydrogen) atoms. The van der Waals surface area contributed by atoms with Gasteiger partial charge in [0.05, 0.1) is 35.0 Å². The molecule has 16 heteroatoms. The minimum absolute atomic E-state index is 0.0988. The van der Waals surface area contributed by atoms with E-state index in [1.54, 1.807) is 72.6 Å². The van der Waals surface area contributed by atoms with Crippen LogP contribution in [0.2, 0.25) is 5.02 Å². The molecule has 2 aliphatic rings. The number of benzene rings is 3. The Morgan fingerprint density at radius 1 is 1.04 bits per heavy atom. The van der Waals surface area contributed by atoms with Gasteiger partial charge in [0.15, 0.2) is 5.69 Å². The van der Waals surface area contributed by atoms with Crippen molar-refractivity contribution < 1.29 is 33.4 Å². The number of hydrazine groups is 1. The van der Waals surface area contributed by atoms with Gasteiger partial charge >= 0.3 is 0 Å². The van der Waals surface area contributed by atoms with Crippen LogP contribution in [0.15, 0.2) is 66.4 Å². The molecule has 0 radical (unpaired) electrons. The highest BCUT2D eigenvalue weighted by Crippen LogP contribution is 2.35. The van der Waals surface area contributed by atoms with E-state index >= 15 is 0 Å². The summed E-state index contributed by atoms with van der Waals surface area (Å²) in [4.78, 5) is 30.5. The molecule has 8 N–H and O–H groups in total. The molecule has 0 saturated carbocycles. The number of amides is 2. The molecular weight excluding hydrogens is 648 g/mol. The Bertz CT molecular complexity index is 1790. The average molecular weight is 686 g/mol. The first-order valence-electron chi connectivity index (χ1n) is 14.8. The van der Waals surface area contributed by atoms with E-state index in [1.165, 1.54) is 16.4 Å². The predicted octanol–water partition coefficient (Wildman–Crippen LogP) is 1.51. The van der Waals surface area contributed by atoms with Gasteiger partial charge in [0, 0.05) is 57.0 Å². The zero-order chi connectivity index (χ0) is 33.9. The molecule has 0 unspecified atom stereocenters. The number of halogens is 1. The Morgan fingerprint density at radius 2 is 1.72 bits per heavy atom. The van der Waals surface area contributed by atoms with E-state index in [2.05, 4.69) is 5.32 Å². The van der Waals surface area contributed by atoms with Gasteiger partial charge < -0.3 is 30.6 Å². The zero-order valence-electron chi connectivity index (χ0n) is 26.0. The minimum Gasteiger partial charge on any atom is -0.496 e. The predicted molar refractivity (Wildman–Crippen MR) is 180 cm³/mol. The van der Waals surface area contributed by atoms with Crippen LogP contribution >= 0.6 is 11.6 Å². The lowest BCUT2D eigenvalue weighted by molar-refractivity contribution is -0.825. The molecule has 2 amide bonds. The number of sulfonamides is 1. The van der Waals surface area contributed by atoms with E-state index in [0.29, 0.717) is 83.8 Å². The molecule has 14 nitrogen and oxygen atoms in total. The van der Waals surface area contributed by atoms with Gasteiger partial charge in [0.25, 0.3) is 11.8 Å². The fourth-order valence-corrected chi connectivity index (χ4v) is 7.54. The topological polar surface area (TPSA) is 191 Å². The zero-order valence-corrected chi connectivity index (χ0v) is 27.6. The monoisotopic (exact) mass is 685 g/mol. The number of ether oxygens (including phenoxy) is 1. The fraction of sp³-hybridized carbons (Fsp3) is 0.290. The van der Waals surface area contributed by atoms with Gasteiger partial charge in [-0.1, -0.05) is 23.7 Å². The van der Waals surface area contributed by atoms with Crippen molar-refractivity contribution in [2.45, 2.75) is 6.42 Å². The lowest BCUT2D eigenvalue weighted by atomic mass is 10.1. The summed E-state index contributed by atoms with van der Waals surface area (Å²) in [6.07, 6.45) is 0.553. The third kappa shape index (κ3) is 7.08. The van der Waals surface area contributed by atoms with Crippen molar-refractivity contribution >= 4 is 61.9 Å². The first-order chi connectivity index (χ1) is 22.4. The van der Waals surface area contributed by atoms with Crippen molar-refractivity contribution in [2.75, 3.05) is 67.2 Å². The number of piperazine rings is 1. The maximum Gasteiger partial charge on any atom is 0.273 e. The van der Waals surface area contributed by atoms with Crippen LogP contribution < -0.4 is 36.3 Å². The largest absolute Gasteiger partial charge is 0.496 e. The van der Waals surface area contributed by atoms with Crippen molar-refractivity contribution in [3.8, 4) is 5.75 Å². The van der Waals surface area contributed by atoms with Gasteiger partial charge in [-0.3, -0.25) is 13.9 Å². The van der Waals surface area contributed by atoms with Crippen molar-refractivity contribution in [1.82, 2.24) is 9.91 Å². The second-order valence-electron chi connectivity index (χ2n) is 11.1. The number of quaternary nitrogens is 1. The summed E-state index contributed by atoms with van der Waals surface area (Å²) in [5.74, 6) is 5.90. The van der Waals surface area contributed by atoms with Crippen LogP contribution in [-0.4, -0.2) is 88.0 Å². The highest BCUT2D eigenvalue weighted by molar-refractivity contribution is 7.93. The van der Waals surface area contributed by atoms with Crippen LogP contribution in [0.25, 0.3) is 5.70 Å². The van der Waals surface area contributed by atoms with E-state index in [0.717, 1.165) is 5.48 Å². The maximum absolute atomic E-state index is 13.7. The highest BCUT2D eigenvalue weighted by Gasteiger charge is 2.30. The summed E-state index contributed by atoms with van der Waals surface area (Å²) < 4.78 is 31.3. The quantitative estimate of drug-likeness (QED) is 0.0955. The lowest BCUT2D eigenvalue weighted by Gasteiger charge is -2.37. The molecule has 3 aromatic carbocycles. The number of carbonyl (C=O) groups is 2. The van der Waals surface area contributed by atoms with E-state index < -0.39 is 15.9 Å². The third-order valence-corrected chi connectivity index (χ3v) is 10.3. The molecule has 3 aromatic rings. The van der Waals surface area contributed by atoms with Crippen LogP contribution in [-0.2, 0) is 14.8 Å². The average Bonchev–Trinajstić information content (AvgIpc) is 3.43. The van der Waals surface area contributed by atoms with Crippen molar-refractivity contribution in [3.63, 3.8) is 0 Å². The maximum atomic E-state index is 13.7. The SMILES string of the molecule is COc1ccccc1/C(N)=C(\C(=O)N1CCN(c2cc(NC(=O)c3ccc(N4CCCS4(=O)=O)cc3)c([NH2+]O)cc2Cl)CC1)N(C)N. The summed E-state index contributed by atoms with van der Waals surface area (Å²) in [7, 11) is -0.272. The second-order valence-corrected chi connectivity index (χ2v) is 13.5. The molecule has 5 rings (SSSR count). The lowest BCUT2D eigenvalue weighted by Crippen LogP contribution is -2.74. The standard InChI is InChI=1S/C31H37ClN8O6S/c1-37(34)29(28(33)22-6-3-4-7-27(22)46-2)31(42)39-15-13-38(14-16-39)26-19-24(25(36-43)18-23(26)32)35-30(41)20-8-10-21(11-9-20)40-12-5-17-47(40,44)45/h3-4,6-11,18-19,36,43H,5,12-17,33-34H2,1-2H3,(H,35,41)/p+1/b29-28-. The van der Waals surface area contributed by atoms with Crippen LogP contribution in [0.3, 0.4) is 0 Å². The van der Waals surface area contributed by atoms with E-state index in [4.69, 9.17) is 27.9 Å². The number of nitrogens with two attached hydrogens (primary N) is 3. The van der Waals surface area contributed by atoms with E-state index in [-0.39, 0.29) is 23.1 Å². The molecule has 2 heterocycles. The third-order valence-electron chi connectivity index (χ3n) is 8.14. The number of para-hydroxylation sites is 1. The number of anilines is 3. The number of nitrogens with one attached hydrogen (secondary N) is 1. The van der Waals surface area contributed by atoms with Gasteiger partial charge in [-0.15, -0.1) is 0 Å². The van der Waals surface area contributed by atoms with E-state index in [9.17, 15) is 23.2 Å². The summed E-state index contributed by atoms with van der Waals surface area (Å²) in [5, 5.41) is 14.3. The van der Waals surface area contributed by atoms with E-state index in [1.807, 2.05) is 4.90 Å². The Kier molecular flexibility index (Phi) is 10.1. The van der Waals surface area contributed by atoms with Crippen molar-refractivity contribution in [3.05, 3.63) is 82.5 Å². The normalized spacial score (nSPS) is 16.5. The molecule has 2 fully saturated rings. The molecule has 2 saturated heterocycles. The van der Waals surface area contributed by atoms with Gasteiger partial charge in [-0.25, -0.2) is 19.5 Å². The number of methoxy groups -OCH3 is 1. The van der Waals surface area contributed by atoms with Crippen LogP contribution in [0.1, 0.15) is 22.3 Å². The Hall–Kier alpha value is -4.54. The van der Waals surface area contributed by atoms with Gasteiger partial charge in [-0.2, -0.15) is 5.48 Å². The number of likely N-dealkylation sites (N-methyl/N-ethyl adjacent to an activating group) is 1. The summed E-state index contributed by atoms with van der Waals surface area (Å²) in [5.41, 5.74) is 10.2. The molecule has 250 valence electrons. The molecule has 0 spiro atoms. The Labute approximate surface area is 278 Å². The Morgan fingerprint density at radius 3 is 2.32 bits per heavy atom. The van der Waals surface area contributed by atoms with Gasteiger partial charge in [-0.05, 0) is 48.9 Å². The first kappa shape index (κ1) is 33.8. The van der Waals surface area contributed by atoms with Crippen LogP contribution in [0.5, 0.6) is 5.75 Å². The van der Waals surface area contributed by atoms with Crippen LogP contribution in [0.4, 0.5) is 22.7 Å². The van der Waals surface area contributed by atoms with Gasteiger partial charge in [0.2, 0.25) is 10.0 Å². The summed E-state index contributed by atoms with van der Waals surface area (Å²) >= 11 is 6.62. The highest BCUT2D eigenvalue weighted by atomic mass is 35.5. The molecule has 0 atom stereocenters. The Balaban J connectivity index is 1.31.